The van der Waals surface area contributed by atoms with Crippen molar-refractivity contribution in [2.45, 2.75) is 12.5 Å². The van der Waals surface area contributed by atoms with E-state index >= 15 is 0 Å². The molecule has 0 N–H and O–H groups in total. The molecule has 2 aliphatic heterocycles. The first-order chi connectivity index (χ1) is 13.7. The van der Waals surface area contributed by atoms with E-state index in [2.05, 4.69) is 11.0 Å². The summed E-state index contributed by atoms with van der Waals surface area (Å²) in [6.07, 6.45) is 0.876. The Bertz CT molecular complexity index is 826. The van der Waals surface area contributed by atoms with E-state index in [1.54, 1.807) is 7.11 Å². The van der Waals surface area contributed by atoms with Gasteiger partial charge < -0.3 is 19.1 Å². The lowest BCUT2D eigenvalue weighted by atomic mass is 10.2. The third kappa shape index (κ3) is 4.29. The topological polar surface area (TPSA) is 51.2 Å². The predicted molar refractivity (Wildman–Crippen MR) is 107 cm³/mol. The molecule has 0 aliphatic carbocycles. The molecule has 0 bridgehead atoms. The molecule has 6 nitrogen and oxygen atoms in total. The summed E-state index contributed by atoms with van der Waals surface area (Å²) in [6, 6.07) is 15.7. The predicted octanol–water partition coefficient (Wildman–Crippen LogP) is 2.36. The highest BCUT2D eigenvalue weighted by atomic mass is 16.5. The van der Waals surface area contributed by atoms with E-state index in [0.29, 0.717) is 26.3 Å². The van der Waals surface area contributed by atoms with Crippen LogP contribution in [0.1, 0.15) is 5.56 Å². The van der Waals surface area contributed by atoms with E-state index in [-0.39, 0.29) is 12.0 Å². The Morgan fingerprint density at radius 2 is 2.00 bits per heavy atom. The summed E-state index contributed by atoms with van der Waals surface area (Å²) in [4.78, 5) is 16.9. The standard InChI is InChI=1S/C22H26N2O4/c1-26-18-6-4-7-19(13-18)28-16-20-14-23(11-12-27-20)15-22(25)24-10-9-17-5-2-3-8-21(17)24/h2-8,13,20H,9-12,14-16H2,1H3/t20-/m0/s1. The number of fused-ring (bicyclic) bond motifs is 1. The molecule has 4 rings (SSSR count). The highest BCUT2D eigenvalue weighted by Crippen LogP contribution is 2.27. The van der Waals surface area contributed by atoms with Crippen LogP contribution in [0.3, 0.4) is 0 Å². The smallest absolute Gasteiger partial charge is 0.241 e. The highest BCUT2D eigenvalue weighted by molar-refractivity contribution is 5.96. The molecule has 2 aliphatic rings. The number of ether oxygens (including phenoxy) is 3. The van der Waals surface area contributed by atoms with Crippen LogP contribution >= 0.6 is 0 Å². The molecule has 0 aromatic heterocycles. The minimum atomic E-state index is -0.0568. The van der Waals surface area contributed by atoms with Gasteiger partial charge in [0.2, 0.25) is 5.91 Å². The van der Waals surface area contributed by atoms with Crippen LogP contribution in [-0.4, -0.2) is 63.4 Å². The van der Waals surface area contributed by atoms with Crippen molar-refractivity contribution in [3.05, 3.63) is 54.1 Å². The van der Waals surface area contributed by atoms with E-state index in [1.807, 2.05) is 47.4 Å². The highest BCUT2D eigenvalue weighted by Gasteiger charge is 2.28. The van der Waals surface area contributed by atoms with Gasteiger partial charge in [0.05, 0.1) is 20.3 Å². The van der Waals surface area contributed by atoms with Crippen LogP contribution in [0, 0.1) is 0 Å². The van der Waals surface area contributed by atoms with Crippen LogP contribution in [0.5, 0.6) is 11.5 Å². The second kappa shape index (κ2) is 8.63. The monoisotopic (exact) mass is 382 g/mol. The number of carbonyl (C=O) groups excluding carboxylic acids is 1. The molecule has 0 saturated carbocycles. The van der Waals surface area contributed by atoms with Crippen LogP contribution in [0.2, 0.25) is 0 Å². The summed E-state index contributed by atoms with van der Waals surface area (Å²) in [6.45, 7) is 3.68. The summed E-state index contributed by atoms with van der Waals surface area (Å²) in [5.41, 5.74) is 2.31. The maximum atomic E-state index is 12.8. The maximum Gasteiger partial charge on any atom is 0.241 e. The van der Waals surface area contributed by atoms with Crippen molar-refractivity contribution in [2.24, 2.45) is 0 Å². The Morgan fingerprint density at radius 1 is 1.14 bits per heavy atom. The first-order valence-corrected chi connectivity index (χ1v) is 9.72. The van der Waals surface area contributed by atoms with Gasteiger partial charge in [-0.1, -0.05) is 24.3 Å². The Kier molecular flexibility index (Phi) is 5.78. The molecule has 6 heteroatoms. The van der Waals surface area contributed by atoms with Gasteiger partial charge in [-0.05, 0) is 30.2 Å². The minimum absolute atomic E-state index is 0.0568. The molecule has 1 saturated heterocycles. The maximum absolute atomic E-state index is 12.8. The second-order valence-electron chi connectivity index (χ2n) is 7.14. The first kappa shape index (κ1) is 18.8. The molecule has 1 amide bonds. The summed E-state index contributed by atoms with van der Waals surface area (Å²) >= 11 is 0. The summed E-state index contributed by atoms with van der Waals surface area (Å²) in [7, 11) is 1.64. The lowest BCUT2D eigenvalue weighted by molar-refractivity contribution is -0.122. The fraction of sp³-hybridized carbons (Fsp3) is 0.409. The Labute approximate surface area is 165 Å². The number of benzene rings is 2. The number of hydrogen-bond acceptors (Lipinski definition) is 5. The van der Waals surface area contributed by atoms with Gasteiger partial charge in [0.25, 0.3) is 0 Å². The van der Waals surface area contributed by atoms with Crippen LogP contribution in [-0.2, 0) is 16.0 Å². The van der Waals surface area contributed by atoms with E-state index in [1.165, 1.54) is 5.56 Å². The third-order valence-corrected chi connectivity index (χ3v) is 5.25. The summed E-state index contributed by atoms with van der Waals surface area (Å²) < 4.78 is 16.9. The third-order valence-electron chi connectivity index (χ3n) is 5.25. The average molecular weight is 382 g/mol. The van der Waals surface area contributed by atoms with Crippen LogP contribution in [0.25, 0.3) is 0 Å². The Morgan fingerprint density at radius 3 is 2.89 bits per heavy atom. The molecule has 1 fully saturated rings. The number of carbonyl (C=O) groups is 1. The quantitative estimate of drug-likeness (QED) is 0.768. The van der Waals surface area contributed by atoms with Crippen molar-refractivity contribution in [2.75, 3.05) is 51.4 Å². The number of rotatable bonds is 6. The molecule has 2 aromatic carbocycles. The number of methoxy groups -OCH3 is 1. The molecule has 0 unspecified atom stereocenters. The van der Waals surface area contributed by atoms with Crippen molar-refractivity contribution in [3.63, 3.8) is 0 Å². The first-order valence-electron chi connectivity index (χ1n) is 9.72. The molecular formula is C22H26N2O4. The Hall–Kier alpha value is -2.57. The fourth-order valence-corrected chi connectivity index (χ4v) is 3.78. The van der Waals surface area contributed by atoms with Crippen molar-refractivity contribution >= 4 is 11.6 Å². The van der Waals surface area contributed by atoms with E-state index in [0.717, 1.165) is 36.7 Å². The average Bonchev–Trinajstić information content (AvgIpc) is 3.17. The van der Waals surface area contributed by atoms with Gasteiger partial charge in [-0.3, -0.25) is 9.69 Å². The van der Waals surface area contributed by atoms with Gasteiger partial charge in [-0.2, -0.15) is 0 Å². The fourth-order valence-electron chi connectivity index (χ4n) is 3.78. The second-order valence-corrected chi connectivity index (χ2v) is 7.14. The van der Waals surface area contributed by atoms with Gasteiger partial charge >= 0.3 is 0 Å². The SMILES string of the molecule is COc1cccc(OC[C@@H]2CN(CC(=O)N3CCc4ccccc43)CCO2)c1. The van der Waals surface area contributed by atoms with Gasteiger partial charge in [0, 0.05) is 31.4 Å². The summed E-state index contributed by atoms with van der Waals surface area (Å²) in [5.74, 6) is 1.67. The molecule has 2 heterocycles. The molecule has 2 aromatic rings. The number of hydrogen-bond donors (Lipinski definition) is 0. The van der Waals surface area contributed by atoms with Gasteiger partial charge in [0.15, 0.2) is 0 Å². The largest absolute Gasteiger partial charge is 0.497 e. The zero-order valence-electron chi connectivity index (χ0n) is 16.2. The van der Waals surface area contributed by atoms with E-state index in [9.17, 15) is 4.79 Å². The minimum Gasteiger partial charge on any atom is -0.497 e. The van der Waals surface area contributed by atoms with Gasteiger partial charge in [0.1, 0.15) is 24.2 Å². The van der Waals surface area contributed by atoms with Crippen LogP contribution < -0.4 is 14.4 Å². The lowest BCUT2D eigenvalue weighted by Gasteiger charge is -2.33. The zero-order valence-corrected chi connectivity index (χ0v) is 16.2. The van der Waals surface area contributed by atoms with Crippen molar-refractivity contribution in [1.82, 2.24) is 4.90 Å². The number of nitrogens with zero attached hydrogens (tertiary/aromatic N) is 2. The molecule has 1 atom stereocenters. The van der Waals surface area contributed by atoms with Crippen molar-refractivity contribution in [1.29, 1.82) is 0 Å². The Balaban J connectivity index is 1.30. The van der Waals surface area contributed by atoms with Crippen molar-refractivity contribution < 1.29 is 19.0 Å². The summed E-state index contributed by atoms with van der Waals surface area (Å²) in [5, 5.41) is 0. The zero-order chi connectivity index (χ0) is 19.3. The van der Waals surface area contributed by atoms with Crippen LogP contribution in [0.15, 0.2) is 48.5 Å². The molecule has 0 radical (unpaired) electrons. The number of amides is 1. The van der Waals surface area contributed by atoms with Gasteiger partial charge in [-0.15, -0.1) is 0 Å². The lowest BCUT2D eigenvalue weighted by Crippen LogP contribution is -2.49. The van der Waals surface area contributed by atoms with E-state index < -0.39 is 0 Å². The number of para-hydroxylation sites is 1. The normalized spacial score (nSPS) is 19.3. The van der Waals surface area contributed by atoms with E-state index in [4.69, 9.17) is 14.2 Å². The molecular weight excluding hydrogens is 356 g/mol. The molecule has 28 heavy (non-hydrogen) atoms. The molecule has 0 spiro atoms. The number of anilines is 1. The molecule has 148 valence electrons. The van der Waals surface area contributed by atoms with Crippen molar-refractivity contribution in [3.8, 4) is 11.5 Å². The number of morpholine rings is 1. The van der Waals surface area contributed by atoms with Crippen LogP contribution in [0.4, 0.5) is 5.69 Å². The van der Waals surface area contributed by atoms with Gasteiger partial charge in [-0.25, -0.2) is 0 Å².